The first kappa shape index (κ1) is 21.3. The molecule has 1 amide bonds. The molecule has 10 heteroatoms. The van der Waals surface area contributed by atoms with Gasteiger partial charge in [-0.2, -0.15) is 4.91 Å². The average molecular weight is 437 g/mol. The Hall–Kier alpha value is -2.39. The smallest absolute Gasteiger partial charge is 0.233 e. The fourth-order valence-corrected chi connectivity index (χ4v) is 5.08. The van der Waals surface area contributed by atoms with E-state index in [4.69, 9.17) is 11.6 Å². The Bertz CT molecular complexity index is 1000. The standard InChI is InChI=1S/C19H21ClN4O4S/c1-29(27,28)17-6-5-12(10-15(17)20)14(9-13-3-2-4-16(13)24-26)19(25)23-18-11-21-7-8-22-18/h5-8,10-11,13-14,16H,2-4,9H2,1H3,(H,22,23,25). The molecule has 1 aliphatic carbocycles. The second kappa shape index (κ2) is 8.96. The largest absolute Gasteiger partial charge is 0.309 e. The van der Waals surface area contributed by atoms with Crippen LogP contribution in [0.2, 0.25) is 5.02 Å². The zero-order valence-electron chi connectivity index (χ0n) is 15.8. The van der Waals surface area contributed by atoms with Crippen molar-refractivity contribution in [1.82, 2.24) is 9.97 Å². The highest BCUT2D eigenvalue weighted by Crippen LogP contribution is 2.38. The van der Waals surface area contributed by atoms with Crippen molar-refractivity contribution in [2.24, 2.45) is 11.1 Å². The van der Waals surface area contributed by atoms with Gasteiger partial charge in [0, 0.05) is 18.6 Å². The molecule has 154 valence electrons. The van der Waals surface area contributed by atoms with E-state index >= 15 is 0 Å². The number of halogens is 1. The number of hydrogen-bond donors (Lipinski definition) is 1. The molecule has 1 N–H and O–H groups in total. The SMILES string of the molecule is CS(=O)(=O)c1ccc(C(CC2CCCC2N=O)C(=O)Nc2cnccn2)cc1Cl. The lowest BCUT2D eigenvalue weighted by atomic mass is 9.85. The molecular weight excluding hydrogens is 416 g/mol. The molecule has 1 aromatic heterocycles. The molecule has 3 atom stereocenters. The number of nitrogens with zero attached hydrogens (tertiary/aromatic N) is 3. The number of anilines is 1. The van der Waals surface area contributed by atoms with E-state index in [9.17, 15) is 18.1 Å². The van der Waals surface area contributed by atoms with Gasteiger partial charge in [0.05, 0.1) is 28.1 Å². The average Bonchev–Trinajstić information content (AvgIpc) is 3.13. The van der Waals surface area contributed by atoms with Crippen molar-refractivity contribution in [2.45, 2.75) is 42.5 Å². The minimum Gasteiger partial charge on any atom is -0.309 e. The van der Waals surface area contributed by atoms with Crippen LogP contribution in [0.3, 0.4) is 0 Å². The van der Waals surface area contributed by atoms with Crippen LogP contribution >= 0.6 is 11.6 Å². The summed E-state index contributed by atoms with van der Waals surface area (Å²) in [5.74, 6) is -0.697. The van der Waals surface area contributed by atoms with Crippen molar-refractivity contribution in [3.8, 4) is 0 Å². The number of aromatic nitrogens is 2. The highest BCUT2D eigenvalue weighted by atomic mass is 35.5. The summed E-state index contributed by atoms with van der Waals surface area (Å²) < 4.78 is 23.7. The van der Waals surface area contributed by atoms with Crippen LogP contribution < -0.4 is 5.32 Å². The Labute approximate surface area is 174 Å². The summed E-state index contributed by atoms with van der Waals surface area (Å²) in [5, 5.41) is 6.00. The number of benzene rings is 1. The van der Waals surface area contributed by atoms with Crippen molar-refractivity contribution in [2.75, 3.05) is 11.6 Å². The molecule has 1 aliphatic rings. The van der Waals surface area contributed by atoms with Crippen LogP contribution in [-0.2, 0) is 14.6 Å². The van der Waals surface area contributed by atoms with Gasteiger partial charge in [-0.25, -0.2) is 13.4 Å². The van der Waals surface area contributed by atoms with Gasteiger partial charge in [-0.05, 0) is 42.9 Å². The molecule has 29 heavy (non-hydrogen) atoms. The monoisotopic (exact) mass is 436 g/mol. The molecule has 0 saturated heterocycles. The summed E-state index contributed by atoms with van der Waals surface area (Å²) >= 11 is 6.19. The maximum absolute atomic E-state index is 13.0. The molecule has 1 saturated carbocycles. The third kappa shape index (κ3) is 5.16. The van der Waals surface area contributed by atoms with E-state index in [1.54, 1.807) is 6.07 Å². The molecule has 1 fully saturated rings. The van der Waals surface area contributed by atoms with Gasteiger partial charge in [0.15, 0.2) is 15.7 Å². The lowest BCUT2D eigenvalue weighted by Crippen LogP contribution is -2.26. The van der Waals surface area contributed by atoms with E-state index < -0.39 is 15.8 Å². The van der Waals surface area contributed by atoms with E-state index in [0.29, 0.717) is 24.2 Å². The van der Waals surface area contributed by atoms with E-state index in [0.717, 1.165) is 19.1 Å². The van der Waals surface area contributed by atoms with Gasteiger partial charge in [-0.1, -0.05) is 29.3 Å². The zero-order chi connectivity index (χ0) is 21.0. The number of rotatable bonds is 7. The minimum absolute atomic E-state index is 0.00398. The summed E-state index contributed by atoms with van der Waals surface area (Å²) in [7, 11) is -3.49. The number of sulfone groups is 1. The fraction of sp³-hybridized carbons (Fsp3) is 0.421. The van der Waals surface area contributed by atoms with E-state index in [2.05, 4.69) is 20.5 Å². The number of amides is 1. The van der Waals surface area contributed by atoms with Crippen LogP contribution in [0.5, 0.6) is 0 Å². The maximum atomic E-state index is 13.0. The zero-order valence-corrected chi connectivity index (χ0v) is 17.4. The van der Waals surface area contributed by atoms with Crippen molar-refractivity contribution >= 4 is 33.2 Å². The Balaban J connectivity index is 1.92. The second-order valence-electron chi connectivity index (χ2n) is 7.19. The molecule has 0 aliphatic heterocycles. The normalized spacial score (nSPS) is 20.2. The van der Waals surface area contributed by atoms with Gasteiger partial charge in [-0.15, -0.1) is 0 Å². The predicted molar refractivity (Wildman–Crippen MR) is 110 cm³/mol. The topological polar surface area (TPSA) is 118 Å². The summed E-state index contributed by atoms with van der Waals surface area (Å²) in [6.07, 6.45) is 8.26. The summed E-state index contributed by atoms with van der Waals surface area (Å²) in [6, 6.07) is 4.16. The maximum Gasteiger partial charge on any atom is 0.233 e. The summed E-state index contributed by atoms with van der Waals surface area (Å²) in [6.45, 7) is 0. The quantitative estimate of drug-likeness (QED) is 0.662. The molecule has 8 nitrogen and oxygen atoms in total. The third-order valence-electron chi connectivity index (χ3n) is 5.18. The van der Waals surface area contributed by atoms with Crippen molar-refractivity contribution in [3.05, 3.63) is 52.3 Å². The van der Waals surface area contributed by atoms with Crippen molar-refractivity contribution in [3.63, 3.8) is 0 Å². The molecule has 0 spiro atoms. The lowest BCUT2D eigenvalue weighted by Gasteiger charge is -2.22. The number of hydrogen-bond acceptors (Lipinski definition) is 7. The number of carbonyl (C=O) groups excluding carboxylic acids is 1. The summed E-state index contributed by atoms with van der Waals surface area (Å²) in [4.78, 5) is 32.2. The lowest BCUT2D eigenvalue weighted by molar-refractivity contribution is -0.118. The van der Waals surface area contributed by atoms with Gasteiger partial charge >= 0.3 is 0 Å². The van der Waals surface area contributed by atoms with E-state index in [1.807, 2.05) is 0 Å². The van der Waals surface area contributed by atoms with Crippen LogP contribution in [0, 0.1) is 10.8 Å². The highest BCUT2D eigenvalue weighted by molar-refractivity contribution is 7.90. The first-order valence-corrected chi connectivity index (χ1v) is 11.5. The van der Waals surface area contributed by atoms with Crippen LogP contribution in [-0.4, -0.2) is 36.6 Å². The molecular formula is C19H21ClN4O4S. The molecule has 1 heterocycles. The Morgan fingerprint density at radius 3 is 2.76 bits per heavy atom. The Morgan fingerprint density at radius 2 is 2.14 bits per heavy atom. The van der Waals surface area contributed by atoms with Gasteiger partial charge in [-0.3, -0.25) is 9.78 Å². The number of nitrogens with one attached hydrogen (secondary N) is 1. The second-order valence-corrected chi connectivity index (χ2v) is 9.59. The van der Waals surface area contributed by atoms with Crippen LogP contribution in [0.15, 0.2) is 46.9 Å². The number of nitroso groups, excluding NO2 is 1. The first-order chi connectivity index (χ1) is 13.8. The molecule has 3 rings (SSSR count). The molecule has 3 unspecified atom stereocenters. The predicted octanol–water partition coefficient (Wildman–Crippen LogP) is 3.58. The van der Waals surface area contributed by atoms with Crippen LogP contribution in [0.4, 0.5) is 5.82 Å². The first-order valence-electron chi connectivity index (χ1n) is 9.18. The van der Waals surface area contributed by atoms with Crippen molar-refractivity contribution < 1.29 is 13.2 Å². The van der Waals surface area contributed by atoms with E-state index in [1.165, 1.54) is 30.7 Å². The molecule has 0 radical (unpaired) electrons. The van der Waals surface area contributed by atoms with Crippen LogP contribution in [0.25, 0.3) is 0 Å². The fourth-order valence-electron chi connectivity index (χ4n) is 3.74. The highest BCUT2D eigenvalue weighted by Gasteiger charge is 2.34. The van der Waals surface area contributed by atoms with Crippen molar-refractivity contribution in [1.29, 1.82) is 0 Å². The van der Waals surface area contributed by atoms with Gasteiger partial charge in [0.2, 0.25) is 5.91 Å². The van der Waals surface area contributed by atoms with Crippen LogP contribution in [0.1, 0.15) is 37.2 Å². The Morgan fingerprint density at radius 1 is 1.34 bits per heavy atom. The molecule has 2 aromatic rings. The summed E-state index contributed by atoms with van der Waals surface area (Å²) in [5.41, 5.74) is 0.570. The minimum atomic E-state index is -3.49. The van der Waals surface area contributed by atoms with Gasteiger partial charge in [0.25, 0.3) is 0 Å². The number of carbonyl (C=O) groups is 1. The van der Waals surface area contributed by atoms with Gasteiger partial charge < -0.3 is 5.32 Å². The molecule has 0 bridgehead atoms. The van der Waals surface area contributed by atoms with Gasteiger partial charge in [0.1, 0.15) is 0 Å². The molecule has 1 aromatic carbocycles. The van der Waals surface area contributed by atoms with E-state index in [-0.39, 0.29) is 27.8 Å². The Kier molecular flexibility index (Phi) is 6.59. The third-order valence-corrected chi connectivity index (χ3v) is 6.76.